The number of carbonyl (C=O) groups is 2. The zero-order valence-corrected chi connectivity index (χ0v) is 11.8. The number of aliphatic hydroxyl groups is 1. The molecule has 0 unspecified atom stereocenters. The van der Waals surface area contributed by atoms with Gasteiger partial charge in [0.2, 0.25) is 0 Å². The van der Waals surface area contributed by atoms with Gasteiger partial charge in [-0.15, -0.1) is 0 Å². The molecule has 1 aromatic heterocycles. The minimum Gasteiger partial charge on any atom is -0.516 e. The number of Topliss-reactive ketones (excluding diaryl/α,β-unsaturated/α-hetero) is 1. The van der Waals surface area contributed by atoms with Gasteiger partial charge in [0, 0.05) is 18.0 Å². The van der Waals surface area contributed by atoms with Crippen LogP contribution in [-0.4, -0.2) is 39.4 Å². The molecule has 114 valence electrons. The van der Waals surface area contributed by atoms with E-state index >= 15 is 0 Å². The smallest absolute Gasteiger partial charge is 0.319 e. The molecule has 0 radical (unpaired) electrons. The van der Waals surface area contributed by atoms with Crippen LogP contribution in [0.3, 0.4) is 0 Å². The van der Waals surface area contributed by atoms with E-state index in [1.165, 1.54) is 6.92 Å². The molecule has 0 spiro atoms. The molecule has 0 fully saturated rings. The van der Waals surface area contributed by atoms with Gasteiger partial charge in [-0.25, -0.2) is 4.79 Å². The fourth-order valence-corrected chi connectivity index (χ4v) is 1.86. The van der Waals surface area contributed by atoms with Gasteiger partial charge in [0.05, 0.1) is 24.0 Å². The Morgan fingerprint density at radius 2 is 2.23 bits per heavy atom. The highest BCUT2D eigenvalue weighted by molar-refractivity contribution is 6.06. The highest BCUT2D eigenvalue weighted by Gasteiger charge is 2.11. The maximum absolute atomic E-state index is 11.7. The first-order chi connectivity index (χ1) is 10.5. The average Bonchev–Trinajstić information content (AvgIpc) is 2.89. The molecule has 1 heterocycles. The van der Waals surface area contributed by atoms with E-state index in [1.807, 2.05) is 0 Å². The van der Waals surface area contributed by atoms with Crippen LogP contribution in [0.25, 0.3) is 10.9 Å². The van der Waals surface area contributed by atoms with Crippen molar-refractivity contribution in [1.82, 2.24) is 15.5 Å². The molecule has 0 bridgehead atoms. The lowest BCUT2D eigenvalue weighted by molar-refractivity contribution is 0.101. The van der Waals surface area contributed by atoms with E-state index in [-0.39, 0.29) is 18.0 Å². The van der Waals surface area contributed by atoms with Crippen molar-refractivity contribution in [2.24, 2.45) is 0 Å². The lowest BCUT2D eigenvalue weighted by atomic mass is 10.1. The molecule has 0 atom stereocenters. The molecule has 0 aliphatic carbocycles. The molecule has 2 amide bonds. The number of hydrogen-bond acceptors (Lipinski definition) is 5. The van der Waals surface area contributed by atoms with Crippen molar-refractivity contribution in [3.63, 3.8) is 0 Å². The third kappa shape index (κ3) is 3.48. The number of H-pyrrole nitrogens is 1. The molecule has 5 N–H and O–H groups in total. The summed E-state index contributed by atoms with van der Waals surface area (Å²) in [6.45, 7) is 1.40. The van der Waals surface area contributed by atoms with E-state index in [0.29, 0.717) is 22.3 Å². The minimum atomic E-state index is -0.497. The third-order valence-electron chi connectivity index (χ3n) is 2.87. The Hall–Kier alpha value is -3.16. The molecular weight excluding hydrogens is 286 g/mol. The number of aliphatic hydroxyl groups excluding tert-OH is 1. The first kappa shape index (κ1) is 15.2. The standard InChI is InChI=1S/C14H15N5O3/c1-8(21)13-11-6-10(2-3-12(11)18-19-13)17-14(22)16-7-9(15)4-5-20/h2-6,15,20H,7H2,1H3,(H,18,19)(H2,16,17,22)/b5-4-,15-9?. The number of amides is 2. The van der Waals surface area contributed by atoms with Crippen molar-refractivity contribution in [3.05, 3.63) is 36.2 Å². The number of benzene rings is 1. The topological polar surface area (TPSA) is 131 Å². The van der Waals surface area contributed by atoms with E-state index in [9.17, 15) is 9.59 Å². The Morgan fingerprint density at radius 3 is 2.91 bits per heavy atom. The van der Waals surface area contributed by atoms with Crippen molar-refractivity contribution < 1.29 is 14.7 Å². The monoisotopic (exact) mass is 301 g/mol. The molecule has 8 nitrogen and oxygen atoms in total. The summed E-state index contributed by atoms with van der Waals surface area (Å²) in [4.78, 5) is 23.2. The quantitative estimate of drug-likeness (QED) is 0.328. The van der Waals surface area contributed by atoms with Gasteiger partial charge in [0.15, 0.2) is 5.78 Å². The number of anilines is 1. The molecule has 0 aliphatic heterocycles. The van der Waals surface area contributed by atoms with Crippen LogP contribution < -0.4 is 10.6 Å². The van der Waals surface area contributed by atoms with Crippen LogP contribution in [0.15, 0.2) is 30.5 Å². The number of aromatic amines is 1. The fourth-order valence-electron chi connectivity index (χ4n) is 1.86. The Bertz CT molecular complexity index is 763. The summed E-state index contributed by atoms with van der Waals surface area (Å²) < 4.78 is 0. The summed E-state index contributed by atoms with van der Waals surface area (Å²) in [7, 11) is 0. The minimum absolute atomic E-state index is 0.0183. The highest BCUT2D eigenvalue weighted by Crippen LogP contribution is 2.20. The lowest BCUT2D eigenvalue weighted by Crippen LogP contribution is -2.32. The van der Waals surface area contributed by atoms with Crippen LogP contribution in [-0.2, 0) is 0 Å². The Balaban J connectivity index is 2.08. The summed E-state index contributed by atoms with van der Waals surface area (Å²) in [5.41, 5.74) is 1.57. The number of aromatic nitrogens is 2. The number of nitrogens with one attached hydrogen (secondary N) is 4. The fraction of sp³-hybridized carbons (Fsp3) is 0.143. The van der Waals surface area contributed by atoms with Crippen LogP contribution >= 0.6 is 0 Å². The normalized spacial score (nSPS) is 10.8. The number of hydrogen-bond donors (Lipinski definition) is 5. The number of fused-ring (bicyclic) bond motifs is 1. The lowest BCUT2D eigenvalue weighted by Gasteiger charge is -2.07. The first-order valence-corrected chi connectivity index (χ1v) is 6.43. The average molecular weight is 301 g/mol. The van der Waals surface area contributed by atoms with Crippen LogP contribution in [0.5, 0.6) is 0 Å². The summed E-state index contributed by atoms with van der Waals surface area (Å²) in [6, 6.07) is 4.53. The first-order valence-electron chi connectivity index (χ1n) is 6.43. The SMILES string of the molecule is CC(=O)c1n[nH]c2ccc(NC(=O)NCC(=N)/C=C\O)cc12. The molecule has 2 rings (SSSR count). The van der Waals surface area contributed by atoms with Crippen molar-refractivity contribution in [3.8, 4) is 0 Å². The van der Waals surface area contributed by atoms with Crippen LogP contribution in [0, 0.1) is 5.41 Å². The zero-order valence-electron chi connectivity index (χ0n) is 11.8. The second-order valence-electron chi connectivity index (χ2n) is 4.54. The summed E-state index contributed by atoms with van der Waals surface area (Å²) >= 11 is 0. The number of carbonyl (C=O) groups excluding carboxylic acids is 2. The molecule has 2 aromatic rings. The van der Waals surface area contributed by atoms with E-state index in [4.69, 9.17) is 10.5 Å². The van der Waals surface area contributed by atoms with Crippen LogP contribution in [0.2, 0.25) is 0 Å². The second kappa shape index (κ2) is 6.53. The van der Waals surface area contributed by atoms with Gasteiger partial charge >= 0.3 is 6.03 Å². The van der Waals surface area contributed by atoms with Crippen molar-refractivity contribution >= 4 is 34.1 Å². The largest absolute Gasteiger partial charge is 0.516 e. The van der Waals surface area contributed by atoms with Gasteiger partial charge in [-0.3, -0.25) is 9.89 Å². The van der Waals surface area contributed by atoms with Gasteiger partial charge in [-0.05, 0) is 24.3 Å². The maximum atomic E-state index is 11.7. The van der Waals surface area contributed by atoms with Gasteiger partial charge in [-0.1, -0.05) is 0 Å². The van der Waals surface area contributed by atoms with Gasteiger partial charge < -0.3 is 21.1 Å². The number of nitrogens with zero attached hydrogens (tertiary/aromatic N) is 1. The van der Waals surface area contributed by atoms with Crippen LogP contribution in [0.1, 0.15) is 17.4 Å². The number of urea groups is 1. The third-order valence-corrected chi connectivity index (χ3v) is 2.87. The predicted molar refractivity (Wildman–Crippen MR) is 82.6 cm³/mol. The summed E-state index contributed by atoms with van der Waals surface area (Å²) in [5, 5.41) is 28.3. The molecule has 0 saturated carbocycles. The summed E-state index contributed by atoms with van der Waals surface area (Å²) in [5.74, 6) is -0.169. The van der Waals surface area contributed by atoms with Crippen molar-refractivity contribution in [2.45, 2.75) is 6.92 Å². The van der Waals surface area contributed by atoms with Crippen molar-refractivity contribution in [1.29, 1.82) is 5.41 Å². The summed E-state index contributed by atoms with van der Waals surface area (Å²) in [6.07, 6.45) is 1.90. The van der Waals surface area contributed by atoms with E-state index in [2.05, 4.69) is 20.8 Å². The number of ketones is 1. The van der Waals surface area contributed by atoms with Crippen molar-refractivity contribution in [2.75, 3.05) is 11.9 Å². The molecule has 0 aliphatic rings. The molecule has 1 aromatic carbocycles. The second-order valence-corrected chi connectivity index (χ2v) is 4.54. The van der Waals surface area contributed by atoms with Gasteiger partial charge in [0.25, 0.3) is 0 Å². The Morgan fingerprint density at radius 1 is 1.45 bits per heavy atom. The number of rotatable bonds is 5. The van der Waals surface area contributed by atoms with E-state index < -0.39 is 6.03 Å². The van der Waals surface area contributed by atoms with Gasteiger partial charge in [-0.2, -0.15) is 5.10 Å². The van der Waals surface area contributed by atoms with E-state index in [0.717, 1.165) is 12.3 Å². The molecular formula is C14H15N5O3. The Kier molecular flexibility index (Phi) is 4.52. The predicted octanol–water partition coefficient (Wildman–Crippen LogP) is 1.98. The van der Waals surface area contributed by atoms with Gasteiger partial charge in [0.1, 0.15) is 5.69 Å². The van der Waals surface area contributed by atoms with E-state index in [1.54, 1.807) is 18.2 Å². The zero-order chi connectivity index (χ0) is 16.1. The molecule has 0 saturated heterocycles. The molecule has 8 heteroatoms. The van der Waals surface area contributed by atoms with Crippen LogP contribution in [0.4, 0.5) is 10.5 Å². The Labute approximate surface area is 125 Å². The molecule has 22 heavy (non-hydrogen) atoms. The maximum Gasteiger partial charge on any atom is 0.319 e. The highest BCUT2D eigenvalue weighted by atomic mass is 16.2.